The molecule has 19 heavy (non-hydrogen) atoms. The summed E-state index contributed by atoms with van der Waals surface area (Å²) in [5.74, 6) is 0. The molecule has 3 rings (SSSR count). The number of hydrogen-bond acceptors (Lipinski definition) is 3. The quantitative estimate of drug-likeness (QED) is 0.412. The van der Waals surface area contributed by atoms with E-state index in [1.165, 1.54) is 18.2 Å². The fourth-order valence-corrected chi connectivity index (χ4v) is 2.20. The van der Waals surface area contributed by atoms with Crippen LogP contribution in [0.4, 0.5) is 5.69 Å². The van der Waals surface area contributed by atoms with Crippen molar-refractivity contribution >= 4 is 27.5 Å². The van der Waals surface area contributed by atoms with Gasteiger partial charge in [-0.3, -0.25) is 14.9 Å². The van der Waals surface area contributed by atoms with Crippen LogP contribution in [-0.4, -0.2) is 9.91 Å². The maximum Gasteiger partial charge on any atom is 0.271 e. The number of pyridine rings is 1. The molecule has 0 amide bonds. The van der Waals surface area contributed by atoms with Gasteiger partial charge in [0.2, 0.25) is 0 Å². The number of nitrogens with one attached hydrogen (secondary N) is 1. The normalized spacial score (nSPS) is 11.0. The minimum absolute atomic E-state index is 0.0323. The molecule has 0 atom stereocenters. The van der Waals surface area contributed by atoms with Crippen molar-refractivity contribution in [2.75, 3.05) is 0 Å². The molecule has 94 valence electrons. The highest BCUT2D eigenvalue weighted by Crippen LogP contribution is 2.20. The van der Waals surface area contributed by atoms with E-state index in [1.54, 1.807) is 6.07 Å². The molecule has 0 aliphatic rings. The number of non-ortho nitro benzene ring substituents is 1. The lowest BCUT2D eigenvalue weighted by Gasteiger charge is -2.03. The number of rotatable bonds is 1. The molecule has 1 aromatic heterocycles. The van der Waals surface area contributed by atoms with Crippen LogP contribution in [0.5, 0.6) is 0 Å². The summed E-state index contributed by atoms with van der Waals surface area (Å²) in [4.78, 5) is 25.7. The second kappa shape index (κ2) is 3.91. The van der Waals surface area contributed by atoms with Crippen molar-refractivity contribution in [1.82, 2.24) is 4.98 Å². The Morgan fingerprint density at radius 3 is 2.37 bits per heavy atom. The molecule has 5 nitrogen and oxygen atoms in total. The minimum atomic E-state index is -0.474. The van der Waals surface area contributed by atoms with Crippen LogP contribution in [0.3, 0.4) is 0 Å². The zero-order valence-electron chi connectivity index (χ0n) is 10.1. The molecule has 0 radical (unpaired) electrons. The number of nitrogens with zero attached hydrogens (tertiary/aromatic N) is 1. The Balaban J connectivity index is 2.46. The van der Waals surface area contributed by atoms with E-state index in [0.717, 1.165) is 5.56 Å². The molecule has 0 bridgehead atoms. The summed E-state index contributed by atoms with van der Waals surface area (Å²) in [6, 6.07) is 9.72. The van der Waals surface area contributed by atoms with E-state index in [-0.39, 0.29) is 11.1 Å². The molecular weight excluding hydrogens is 244 g/mol. The Morgan fingerprint density at radius 2 is 1.68 bits per heavy atom. The number of nitro benzene ring substituents is 1. The van der Waals surface area contributed by atoms with Crippen molar-refractivity contribution in [2.24, 2.45) is 0 Å². The zero-order valence-corrected chi connectivity index (χ0v) is 10.1. The predicted molar refractivity (Wildman–Crippen MR) is 73.5 cm³/mol. The first-order valence-electron chi connectivity index (χ1n) is 5.77. The summed E-state index contributed by atoms with van der Waals surface area (Å²) in [7, 11) is 0. The molecule has 0 saturated carbocycles. The fourth-order valence-electron chi connectivity index (χ4n) is 2.20. The minimum Gasteiger partial charge on any atom is -0.354 e. The van der Waals surface area contributed by atoms with Gasteiger partial charge in [0.05, 0.1) is 16.0 Å². The average molecular weight is 254 g/mol. The molecule has 0 saturated heterocycles. The molecule has 1 heterocycles. The first kappa shape index (κ1) is 11.4. The first-order chi connectivity index (χ1) is 9.06. The van der Waals surface area contributed by atoms with Gasteiger partial charge in [0.1, 0.15) is 0 Å². The van der Waals surface area contributed by atoms with Gasteiger partial charge in [0, 0.05) is 22.9 Å². The number of benzene rings is 2. The SMILES string of the molecule is Cc1ccc2c(=O)c3ccc([N+](=O)[O-])cc3[nH]c2c1. The predicted octanol–water partition coefficient (Wildman–Crippen LogP) is 2.90. The number of H-pyrrole nitrogens is 1. The summed E-state index contributed by atoms with van der Waals surface area (Å²) in [5, 5.41) is 11.8. The monoisotopic (exact) mass is 254 g/mol. The van der Waals surface area contributed by atoms with E-state index in [0.29, 0.717) is 21.8 Å². The molecule has 0 fully saturated rings. The van der Waals surface area contributed by atoms with Crippen molar-refractivity contribution in [3.8, 4) is 0 Å². The van der Waals surface area contributed by atoms with Gasteiger partial charge in [-0.25, -0.2) is 0 Å². The van der Waals surface area contributed by atoms with Gasteiger partial charge >= 0.3 is 0 Å². The zero-order chi connectivity index (χ0) is 13.6. The molecule has 5 heteroatoms. The molecular formula is C14H10N2O3. The first-order valence-corrected chi connectivity index (χ1v) is 5.77. The lowest BCUT2D eigenvalue weighted by molar-refractivity contribution is -0.384. The number of nitro groups is 1. The van der Waals surface area contributed by atoms with Gasteiger partial charge < -0.3 is 4.98 Å². The number of aromatic amines is 1. The molecule has 3 aromatic rings. The summed E-state index contributed by atoms with van der Waals surface area (Å²) in [5.41, 5.74) is 2.05. The van der Waals surface area contributed by atoms with E-state index in [4.69, 9.17) is 0 Å². The fraction of sp³-hybridized carbons (Fsp3) is 0.0714. The molecule has 0 aliphatic carbocycles. The lowest BCUT2D eigenvalue weighted by atomic mass is 10.1. The number of aromatic nitrogens is 1. The highest BCUT2D eigenvalue weighted by Gasteiger charge is 2.10. The van der Waals surface area contributed by atoms with Gasteiger partial charge in [-0.15, -0.1) is 0 Å². The summed E-state index contributed by atoms with van der Waals surface area (Å²) in [6.45, 7) is 1.93. The highest BCUT2D eigenvalue weighted by atomic mass is 16.6. The van der Waals surface area contributed by atoms with E-state index in [2.05, 4.69) is 4.98 Å². The molecule has 1 N–H and O–H groups in total. The van der Waals surface area contributed by atoms with Crippen LogP contribution in [0.1, 0.15) is 5.56 Å². The standard InChI is InChI=1S/C14H10N2O3/c1-8-2-4-10-12(6-8)15-13-7-9(16(18)19)3-5-11(13)14(10)17/h2-7H,1H3,(H,15,17). The lowest BCUT2D eigenvalue weighted by Crippen LogP contribution is -2.04. The second-order valence-electron chi connectivity index (χ2n) is 4.49. The number of fused-ring (bicyclic) bond motifs is 2. The third kappa shape index (κ3) is 1.76. The van der Waals surface area contributed by atoms with Crippen LogP contribution in [0.15, 0.2) is 41.2 Å². The van der Waals surface area contributed by atoms with E-state index in [1.807, 2.05) is 19.1 Å². The summed E-state index contributed by atoms with van der Waals surface area (Å²) < 4.78 is 0. The number of hydrogen-bond donors (Lipinski definition) is 1. The smallest absolute Gasteiger partial charge is 0.271 e. The average Bonchev–Trinajstić information content (AvgIpc) is 2.37. The third-order valence-electron chi connectivity index (χ3n) is 3.15. The highest BCUT2D eigenvalue weighted by molar-refractivity contribution is 5.93. The topological polar surface area (TPSA) is 76.0 Å². The molecule has 2 aromatic carbocycles. The van der Waals surface area contributed by atoms with Crippen molar-refractivity contribution in [3.63, 3.8) is 0 Å². The van der Waals surface area contributed by atoms with E-state index < -0.39 is 4.92 Å². The van der Waals surface area contributed by atoms with E-state index in [9.17, 15) is 14.9 Å². The maximum absolute atomic E-state index is 12.3. The Morgan fingerprint density at radius 1 is 1.05 bits per heavy atom. The third-order valence-corrected chi connectivity index (χ3v) is 3.15. The summed E-state index contributed by atoms with van der Waals surface area (Å²) in [6.07, 6.45) is 0. The van der Waals surface area contributed by atoms with E-state index >= 15 is 0 Å². The van der Waals surface area contributed by atoms with Gasteiger partial charge in [0.25, 0.3) is 5.69 Å². The Labute approximate surface area is 107 Å². The van der Waals surface area contributed by atoms with Crippen molar-refractivity contribution in [1.29, 1.82) is 0 Å². The molecule has 0 spiro atoms. The molecule has 0 unspecified atom stereocenters. The molecule has 0 aliphatic heterocycles. The van der Waals surface area contributed by atoms with Crippen LogP contribution in [0, 0.1) is 17.0 Å². The van der Waals surface area contributed by atoms with Crippen LogP contribution in [-0.2, 0) is 0 Å². The van der Waals surface area contributed by atoms with Crippen LogP contribution < -0.4 is 5.43 Å². The Bertz CT molecular complexity index is 881. The van der Waals surface area contributed by atoms with Gasteiger partial charge in [0.15, 0.2) is 5.43 Å². The van der Waals surface area contributed by atoms with Crippen molar-refractivity contribution in [3.05, 3.63) is 62.3 Å². The van der Waals surface area contributed by atoms with Crippen LogP contribution >= 0.6 is 0 Å². The van der Waals surface area contributed by atoms with Crippen molar-refractivity contribution in [2.45, 2.75) is 6.92 Å². The number of aryl methyl sites for hydroxylation is 1. The maximum atomic E-state index is 12.3. The second-order valence-corrected chi connectivity index (χ2v) is 4.49. The van der Waals surface area contributed by atoms with Gasteiger partial charge in [-0.1, -0.05) is 6.07 Å². The van der Waals surface area contributed by atoms with Crippen LogP contribution in [0.25, 0.3) is 21.8 Å². The van der Waals surface area contributed by atoms with Gasteiger partial charge in [-0.2, -0.15) is 0 Å². The summed E-state index contributed by atoms with van der Waals surface area (Å²) >= 11 is 0. The van der Waals surface area contributed by atoms with Gasteiger partial charge in [-0.05, 0) is 30.7 Å². The van der Waals surface area contributed by atoms with Crippen molar-refractivity contribution < 1.29 is 4.92 Å². The van der Waals surface area contributed by atoms with Crippen LogP contribution in [0.2, 0.25) is 0 Å². The Hall–Kier alpha value is -2.69. The Kier molecular flexibility index (Phi) is 2.35. The largest absolute Gasteiger partial charge is 0.354 e.